The quantitative estimate of drug-likeness (QED) is 0.118. The Labute approximate surface area is 270 Å². The van der Waals surface area contributed by atoms with Crippen LogP contribution >= 0.6 is 0 Å². The van der Waals surface area contributed by atoms with E-state index in [0.29, 0.717) is 42.2 Å². The van der Waals surface area contributed by atoms with Gasteiger partial charge >= 0.3 is 18.1 Å². The Morgan fingerprint density at radius 1 is 1.00 bits per heavy atom. The summed E-state index contributed by atoms with van der Waals surface area (Å²) in [6, 6.07) is 13.2. The Morgan fingerprint density at radius 3 is 2.13 bits per heavy atom. The Morgan fingerprint density at radius 2 is 1.62 bits per heavy atom. The zero-order chi connectivity index (χ0) is 34.6. The van der Waals surface area contributed by atoms with E-state index in [1.165, 1.54) is 30.4 Å². The molecule has 47 heavy (non-hydrogen) atoms. The molecule has 0 radical (unpaired) electrons. The van der Waals surface area contributed by atoms with Gasteiger partial charge in [-0.25, -0.2) is 9.59 Å². The fourth-order valence-electron chi connectivity index (χ4n) is 5.67. The second kappa shape index (κ2) is 17.1. The average molecular weight is 659 g/mol. The largest absolute Gasteiger partial charge is 0.478 e. The zero-order valence-corrected chi connectivity index (χ0v) is 26.3. The maximum atomic E-state index is 13.3. The summed E-state index contributed by atoms with van der Waals surface area (Å²) in [5.74, 6) is -2.44. The molecule has 4 rings (SSSR count). The number of fused-ring (bicyclic) bond motifs is 1. The van der Waals surface area contributed by atoms with E-state index in [2.05, 4.69) is 33.9 Å². The SMILES string of the molecule is COC(=O)C1=C(CCN2CCc3ccccc3CC2)N(C)C(C)=C(COC=O)C1c1ccc(C(F)(F)F)cc1.O=CO/C=C/C(=O)O. The molecule has 1 unspecified atom stereocenters. The number of esters is 1. The van der Waals surface area contributed by atoms with Crippen LogP contribution in [-0.4, -0.2) is 80.2 Å². The number of methoxy groups -OCH3 is 1. The monoisotopic (exact) mass is 658 g/mol. The summed E-state index contributed by atoms with van der Waals surface area (Å²) in [5.41, 5.74) is 4.87. The summed E-state index contributed by atoms with van der Waals surface area (Å²) < 4.78 is 54.0. The number of carboxylic acids is 1. The summed E-state index contributed by atoms with van der Waals surface area (Å²) in [7, 11) is 3.13. The fraction of sp³-hybridized carbons (Fsp3) is 0.353. The van der Waals surface area contributed by atoms with Gasteiger partial charge < -0.3 is 29.1 Å². The molecule has 0 fully saturated rings. The number of carboxylic acid groups (broad SMARTS) is 1. The van der Waals surface area contributed by atoms with Crippen molar-refractivity contribution in [2.24, 2.45) is 0 Å². The van der Waals surface area contributed by atoms with Gasteiger partial charge in [0.1, 0.15) is 12.9 Å². The molecule has 0 saturated heterocycles. The minimum atomic E-state index is -4.49. The van der Waals surface area contributed by atoms with E-state index < -0.39 is 29.6 Å². The summed E-state index contributed by atoms with van der Waals surface area (Å²) in [4.78, 5) is 47.5. The van der Waals surface area contributed by atoms with E-state index in [9.17, 15) is 32.3 Å². The van der Waals surface area contributed by atoms with Gasteiger partial charge in [-0.2, -0.15) is 13.2 Å². The molecular formula is C34H37F3N2O8. The van der Waals surface area contributed by atoms with Gasteiger partial charge in [0.25, 0.3) is 12.9 Å². The molecule has 0 amide bonds. The van der Waals surface area contributed by atoms with Crippen molar-refractivity contribution in [1.82, 2.24) is 9.80 Å². The number of aliphatic carboxylic acids is 1. The van der Waals surface area contributed by atoms with Crippen LogP contribution in [0.5, 0.6) is 0 Å². The van der Waals surface area contributed by atoms with Crippen LogP contribution in [0.3, 0.4) is 0 Å². The normalized spacial score (nSPS) is 16.9. The molecule has 2 aliphatic rings. The van der Waals surface area contributed by atoms with E-state index in [1.807, 2.05) is 18.9 Å². The lowest BCUT2D eigenvalue weighted by Crippen LogP contribution is -2.35. The number of carbonyl (C=O) groups excluding carboxylic acids is 3. The van der Waals surface area contributed by atoms with E-state index in [4.69, 9.17) is 14.6 Å². The topological polar surface area (TPSA) is 123 Å². The molecule has 10 nitrogen and oxygen atoms in total. The summed E-state index contributed by atoms with van der Waals surface area (Å²) in [6.45, 7) is 4.67. The lowest BCUT2D eigenvalue weighted by Gasteiger charge is -2.38. The maximum Gasteiger partial charge on any atom is 0.416 e. The maximum absolute atomic E-state index is 13.3. The van der Waals surface area contributed by atoms with Gasteiger partial charge in [-0.15, -0.1) is 0 Å². The van der Waals surface area contributed by atoms with Gasteiger partial charge in [0, 0.05) is 50.4 Å². The van der Waals surface area contributed by atoms with E-state index >= 15 is 0 Å². The highest BCUT2D eigenvalue weighted by atomic mass is 19.4. The number of alkyl halides is 3. The van der Waals surface area contributed by atoms with Crippen LogP contribution in [0.4, 0.5) is 13.2 Å². The summed E-state index contributed by atoms with van der Waals surface area (Å²) in [5, 5.41) is 7.86. The van der Waals surface area contributed by atoms with Crippen LogP contribution in [-0.2, 0) is 52.4 Å². The van der Waals surface area contributed by atoms with Crippen molar-refractivity contribution in [2.75, 3.05) is 40.4 Å². The van der Waals surface area contributed by atoms with Gasteiger partial charge in [0.05, 0.1) is 24.3 Å². The number of halogens is 3. The highest BCUT2D eigenvalue weighted by molar-refractivity contribution is 5.92. The van der Waals surface area contributed by atoms with Crippen LogP contribution in [0.25, 0.3) is 0 Å². The zero-order valence-electron chi connectivity index (χ0n) is 26.3. The van der Waals surface area contributed by atoms with Gasteiger partial charge in [-0.1, -0.05) is 36.4 Å². The number of benzene rings is 2. The van der Waals surface area contributed by atoms with Crippen molar-refractivity contribution < 1.29 is 51.7 Å². The number of allylic oxidation sites excluding steroid dienone is 1. The van der Waals surface area contributed by atoms with Gasteiger partial charge in [0.2, 0.25) is 0 Å². The second-order valence-electron chi connectivity index (χ2n) is 10.7. The second-order valence-corrected chi connectivity index (χ2v) is 10.7. The molecule has 2 aliphatic heterocycles. The fourth-order valence-corrected chi connectivity index (χ4v) is 5.67. The van der Waals surface area contributed by atoms with Crippen LogP contribution in [0.2, 0.25) is 0 Å². The Kier molecular flexibility index (Phi) is 13.3. The number of nitrogens with zero attached hydrogens (tertiary/aromatic N) is 2. The average Bonchev–Trinajstić information content (AvgIpc) is 3.26. The molecule has 1 atom stereocenters. The van der Waals surface area contributed by atoms with E-state index in [-0.39, 0.29) is 13.1 Å². The van der Waals surface area contributed by atoms with E-state index in [0.717, 1.165) is 55.7 Å². The number of ether oxygens (including phenoxy) is 3. The Balaban J connectivity index is 0.000000665. The minimum absolute atomic E-state index is 0.108. The highest BCUT2D eigenvalue weighted by Gasteiger charge is 2.38. The molecule has 1 N–H and O–H groups in total. The Hall–Kier alpha value is -4.91. The molecule has 2 aromatic carbocycles. The third-order valence-corrected chi connectivity index (χ3v) is 8.13. The first-order valence-corrected chi connectivity index (χ1v) is 14.7. The summed E-state index contributed by atoms with van der Waals surface area (Å²) in [6.07, 6.45) is -0.568. The predicted octanol–water partition coefficient (Wildman–Crippen LogP) is 4.86. The smallest absolute Gasteiger partial charge is 0.416 e. The molecule has 2 heterocycles. The summed E-state index contributed by atoms with van der Waals surface area (Å²) >= 11 is 0. The molecule has 0 aliphatic carbocycles. The van der Waals surface area contributed by atoms with Gasteiger partial charge in [-0.3, -0.25) is 9.59 Å². The van der Waals surface area contributed by atoms with Crippen LogP contribution in [0, 0.1) is 0 Å². The van der Waals surface area contributed by atoms with Crippen molar-refractivity contribution in [3.8, 4) is 0 Å². The minimum Gasteiger partial charge on any atom is -0.478 e. The number of carbonyl (C=O) groups is 4. The molecule has 2 aromatic rings. The van der Waals surface area contributed by atoms with E-state index in [1.54, 1.807) is 0 Å². The van der Waals surface area contributed by atoms with Crippen molar-refractivity contribution >= 4 is 24.9 Å². The third kappa shape index (κ3) is 9.79. The first-order chi connectivity index (χ1) is 22.4. The van der Waals surface area contributed by atoms with Crippen molar-refractivity contribution in [1.29, 1.82) is 0 Å². The van der Waals surface area contributed by atoms with Crippen LogP contribution in [0.1, 0.15) is 41.5 Å². The highest BCUT2D eigenvalue weighted by Crippen LogP contribution is 2.43. The number of rotatable bonds is 11. The number of hydrogen-bond donors (Lipinski definition) is 1. The van der Waals surface area contributed by atoms with Gasteiger partial charge in [-0.05, 0) is 54.2 Å². The molecule has 0 saturated carbocycles. The van der Waals surface area contributed by atoms with Crippen LogP contribution < -0.4 is 0 Å². The van der Waals surface area contributed by atoms with Gasteiger partial charge in [0.15, 0.2) is 0 Å². The number of hydrogen-bond acceptors (Lipinski definition) is 9. The lowest BCUT2D eigenvalue weighted by molar-refractivity contribution is -0.138. The molecular weight excluding hydrogens is 621 g/mol. The predicted molar refractivity (Wildman–Crippen MR) is 165 cm³/mol. The van der Waals surface area contributed by atoms with Crippen molar-refractivity contribution in [3.05, 3.63) is 106 Å². The molecule has 0 aromatic heterocycles. The first kappa shape index (κ1) is 36.6. The standard InChI is InChI=1S/C30H33F3N2O4.C4H4O4/c1-20-25(18-39-19-36)27(23-8-10-24(11-9-23)30(31,32)33)28(29(37)38-3)26(34(20)2)14-17-35-15-12-21-6-4-5-7-22(21)13-16-35;5-3-8-2-1-4(6)7/h4-11,19,27H,12-18H2,1-3H3;1-3H,(H,6,7)/b;2-1+. The van der Waals surface area contributed by atoms with Crippen LogP contribution in [0.15, 0.2) is 83.4 Å². The molecule has 252 valence electrons. The molecule has 13 heteroatoms. The molecule has 0 spiro atoms. The lowest BCUT2D eigenvalue weighted by atomic mass is 9.79. The Bertz CT molecular complexity index is 1490. The van der Waals surface area contributed by atoms with Crippen molar-refractivity contribution in [3.63, 3.8) is 0 Å². The molecule has 0 bridgehead atoms. The third-order valence-electron chi connectivity index (χ3n) is 8.13. The first-order valence-electron chi connectivity index (χ1n) is 14.7. The van der Waals surface area contributed by atoms with Crippen molar-refractivity contribution in [2.45, 2.75) is 38.3 Å².